The molecule has 4 nitrogen and oxygen atoms in total. The third-order valence-corrected chi connectivity index (χ3v) is 4.12. The summed E-state index contributed by atoms with van der Waals surface area (Å²) in [6.45, 7) is 1.38. The largest absolute Gasteiger partial charge is 0.489 e. The predicted molar refractivity (Wildman–Crippen MR) is 89.9 cm³/mol. The maximum atomic E-state index is 5.72. The van der Waals surface area contributed by atoms with E-state index in [2.05, 4.69) is 50.8 Å². The number of nitrogens with zero attached hydrogens (tertiary/aromatic N) is 1. The molecule has 1 aliphatic heterocycles. The molecular weight excluding hydrogens is 379 g/mol. The van der Waals surface area contributed by atoms with Crippen molar-refractivity contribution in [3.05, 3.63) is 40.0 Å². The Hall–Kier alpha value is -1.76. The molecule has 106 valence electrons. The lowest BCUT2D eigenvalue weighted by Crippen LogP contribution is -1.97. The zero-order valence-corrected chi connectivity index (χ0v) is 13.4. The van der Waals surface area contributed by atoms with E-state index in [1.54, 1.807) is 0 Å². The van der Waals surface area contributed by atoms with Crippen LogP contribution in [0.4, 0.5) is 0 Å². The van der Waals surface area contributed by atoms with Gasteiger partial charge in [0.15, 0.2) is 11.5 Å². The van der Waals surface area contributed by atoms with Crippen LogP contribution in [0, 0.1) is 3.57 Å². The van der Waals surface area contributed by atoms with E-state index < -0.39 is 0 Å². The Morgan fingerprint density at radius 2 is 1.86 bits per heavy atom. The van der Waals surface area contributed by atoms with Crippen LogP contribution in [-0.2, 0) is 0 Å². The van der Waals surface area contributed by atoms with Gasteiger partial charge in [-0.25, -0.2) is 4.98 Å². The van der Waals surface area contributed by atoms with Gasteiger partial charge in [-0.2, -0.15) is 0 Å². The standard InChI is InChI=1S/C16H13IN2O2/c17-11-4-1-3-10(7-11)16-18-12-8-14-15(9-13(12)19-16)21-6-2-5-20-14/h1,3-4,7-9H,2,5-6H2,(H,18,19). The van der Waals surface area contributed by atoms with E-state index in [9.17, 15) is 0 Å². The first-order valence-electron chi connectivity index (χ1n) is 6.85. The maximum absolute atomic E-state index is 5.72. The van der Waals surface area contributed by atoms with Crippen molar-refractivity contribution in [2.24, 2.45) is 0 Å². The molecule has 2 aromatic carbocycles. The molecule has 0 atom stereocenters. The zero-order valence-electron chi connectivity index (χ0n) is 11.2. The first kappa shape index (κ1) is 12.9. The minimum Gasteiger partial charge on any atom is -0.489 e. The highest BCUT2D eigenvalue weighted by molar-refractivity contribution is 14.1. The molecule has 1 aliphatic rings. The molecule has 2 heterocycles. The maximum Gasteiger partial charge on any atom is 0.163 e. The molecular formula is C16H13IN2O2. The highest BCUT2D eigenvalue weighted by Gasteiger charge is 2.14. The highest BCUT2D eigenvalue weighted by Crippen LogP contribution is 2.34. The lowest BCUT2D eigenvalue weighted by molar-refractivity contribution is 0.297. The Balaban J connectivity index is 1.83. The Morgan fingerprint density at radius 3 is 2.67 bits per heavy atom. The summed E-state index contributed by atoms with van der Waals surface area (Å²) in [7, 11) is 0. The van der Waals surface area contributed by atoms with Gasteiger partial charge in [0.25, 0.3) is 0 Å². The predicted octanol–water partition coefficient (Wildman–Crippen LogP) is 4.00. The zero-order chi connectivity index (χ0) is 14.2. The van der Waals surface area contributed by atoms with Crippen LogP contribution >= 0.6 is 22.6 Å². The molecule has 0 unspecified atom stereocenters. The molecule has 5 heteroatoms. The van der Waals surface area contributed by atoms with Crippen LogP contribution in [0.15, 0.2) is 36.4 Å². The van der Waals surface area contributed by atoms with Gasteiger partial charge in [-0.3, -0.25) is 0 Å². The molecule has 3 aromatic rings. The summed E-state index contributed by atoms with van der Waals surface area (Å²) < 4.78 is 12.6. The first-order chi connectivity index (χ1) is 10.3. The van der Waals surface area contributed by atoms with Crippen LogP contribution in [0.1, 0.15) is 6.42 Å². The average molecular weight is 392 g/mol. The highest BCUT2D eigenvalue weighted by atomic mass is 127. The van der Waals surface area contributed by atoms with Crippen molar-refractivity contribution in [2.45, 2.75) is 6.42 Å². The number of fused-ring (bicyclic) bond motifs is 2. The molecule has 0 amide bonds. The fraction of sp³-hybridized carbons (Fsp3) is 0.188. The van der Waals surface area contributed by atoms with E-state index in [-0.39, 0.29) is 0 Å². The molecule has 0 saturated heterocycles. The number of aromatic nitrogens is 2. The van der Waals surface area contributed by atoms with Crippen molar-refractivity contribution in [1.82, 2.24) is 9.97 Å². The van der Waals surface area contributed by atoms with E-state index in [4.69, 9.17) is 9.47 Å². The van der Waals surface area contributed by atoms with Gasteiger partial charge >= 0.3 is 0 Å². The van der Waals surface area contributed by atoms with Gasteiger partial charge in [0.2, 0.25) is 0 Å². The van der Waals surface area contributed by atoms with Crippen LogP contribution in [-0.4, -0.2) is 23.2 Å². The number of rotatable bonds is 1. The normalized spacial score (nSPS) is 14.1. The topological polar surface area (TPSA) is 47.1 Å². The third kappa shape index (κ3) is 2.46. The summed E-state index contributed by atoms with van der Waals surface area (Å²) in [5.74, 6) is 2.43. The second-order valence-electron chi connectivity index (χ2n) is 4.96. The van der Waals surface area contributed by atoms with Gasteiger partial charge in [-0.05, 0) is 34.7 Å². The summed E-state index contributed by atoms with van der Waals surface area (Å²) in [5.41, 5.74) is 2.94. The number of halogens is 1. The van der Waals surface area contributed by atoms with E-state index in [0.29, 0.717) is 13.2 Å². The Kier molecular flexibility index (Phi) is 3.21. The van der Waals surface area contributed by atoms with Crippen molar-refractivity contribution >= 4 is 33.6 Å². The number of benzene rings is 2. The van der Waals surface area contributed by atoms with Crippen LogP contribution < -0.4 is 9.47 Å². The van der Waals surface area contributed by atoms with Gasteiger partial charge in [-0.1, -0.05) is 12.1 Å². The molecule has 4 rings (SSSR count). The van der Waals surface area contributed by atoms with E-state index in [0.717, 1.165) is 40.3 Å². The molecule has 21 heavy (non-hydrogen) atoms. The van der Waals surface area contributed by atoms with Crippen molar-refractivity contribution in [1.29, 1.82) is 0 Å². The number of nitrogens with one attached hydrogen (secondary N) is 1. The van der Waals surface area contributed by atoms with E-state index in [1.807, 2.05) is 18.2 Å². The Morgan fingerprint density at radius 1 is 1.05 bits per heavy atom. The van der Waals surface area contributed by atoms with Gasteiger partial charge in [-0.15, -0.1) is 0 Å². The van der Waals surface area contributed by atoms with Crippen molar-refractivity contribution < 1.29 is 9.47 Å². The Labute approximate surface area is 135 Å². The molecule has 1 aromatic heterocycles. The molecule has 0 saturated carbocycles. The third-order valence-electron chi connectivity index (χ3n) is 3.45. The van der Waals surface area contributed by atoms with Gasteiger partial charge in [0.05, 0.1) is 24.2 Å². The summed E-state index contributed by atoms with van der Waals surface area (Å²) in [6.07, 6.45) is 0.906. The lowest BCUT2D eigenvalue weighted by atomic mass is 10.2. The number of aromatic amines is 1. The van der Waals surface area contributed by atoms with Crippen LogP contribution in [0.3, 0.4) is 0 Å². The minimum absolute atomic E-state index is 0.687. The number of ether oxygens (including phenoxy) is 2. The number of imidazole rings is 1. The fourth-order valence-electron chi connectivity index (χ4n) is 2.44. The van der Waals surface area contributed by atoms with Crippen molar-refractivity contribution in [3.63, 3.8) is 0 Å². The second-order valence-corrected chi connectivity index (χ2v) is 6.21. The molecule has 0 spiro atoms. The summed E-state index contributed by atoms with van der Waals surface area (Å²) in [6, 6.07) is 12.2. The van der Waals surface area contributed by atoms with Crippen LogP contribution in [0.25, 0.3) is 22.4 Å². The minimum atomic E-state index is 0.687. The van der Waals surface area contributed by atoms with Gasteiger partial charge in [0, 0.05) is 27.7 Å². The van der Waals surface area contributed by atoms with Crippen LogP contribution in [0.2, 0.25) is 0 Å². The van der Waals surface area contributed by atoms with E-state index >= 15 is 0 Å². The van der Waals surface area contributed by atoms with Gasteiger partial charge in [0.1, 0.15) is 5.82 Å². The molecule has 0 radical (unpaired) electrons. The molecule has 1 N–H and O–H groups in total. The number of hydrogen-bond acceptors (Lipinski definition) is 3. The van der Waals surface area contributed by atoms with Crippen molar-refractivity contribution in [3.8, 4) is 22.9 Å². The average Bonchev–Trinajstić information content (AvgIpc) is 2.76. The summed E-state index contributed by atoms with van der Waals surface area (Å²) in [5, 5.41) is 0. The summed E-state index contributed by atoms with van der Waals surface area (Å²) in [4.78, 5) is 8.03. The van der Waals surface area contributed by atoms with Crippen LogP contribution in [0.5, 0.6) is 11.5 Å². The second kappa shape index (κ2) is 5.22. The van der Waals surface area contributed by atoms with E-state index in [1.165, 1.54) is 3.57 Å². The summed E-state index contributed by atoms with van der Waals surface area (Å²) >= 11 is 2.30. The molecule has 0 aliphatic carbocycles. The smallest absolute Gasteiger partial charge is 0.163 e. The molecule has 0 fully saturated rings. The monoisotopic (exact) mass is 392 g/mol. The molecule has 0 bridgehead atoms. The fourth-order valence-corrected chi connectivity index (χ4v) is 2.98. The van der Waals surface area contributed by atoms with Crippen molar-refractivity contribution in [2.75, 3.05) is 13.2 Å². The first-order valence-corrected chi connectivity index (χ1v) is 7.93. The number of H-pyrrole nitrogens is 1. The lowest BCUT2D eigenvalue weighted by Gasteiger charge is -2.05. The Bertz CT molecular complexity index is 770. The quantitative estimate of drug-likeness (QED) is 0.637. The van der Waals surface area contributed by atoms with Gasteiger partial charge < -0.3 is 14.5 Å². The number of hydrogen-bond donors (Lipinski definition) is 1. The SMILES string of the molecule is Ic1cccc(-c2nc3cc4c(cc3[nH]2)OCCCO4)c1.